The van der Waals surface area contributed by atoms with Crippen molar-refractivity contribution in [2.75, 3.05) is 20.3 Å². The zero-order valence-corrected chi connectivity index (χ0v) is 9.60. The molecule has 0 bridgehead atoms. The van der Waals surface area contributed by atoms with Crippen molar-refractivity contribution >= 4 is 5.97 Å². The van der Waals surface area contributed by atoms with Gasteiger partial charge in [0.05, 0.1) is 18.8 Å². The van der Waals surface area contributed by atoms with Crippen LogP contribution >= 0.6 is 0 Å². The fraction of sp³-hybridized carbons (Fsp3) is 0.636. The van der Waals surface area contributed by atoms with Crippen LogP contribution in [0.15, 0.2) is 11.6 Å². The molecule has 0 fully saturated rings. The Balaban J connectivity index is 3.69. The molecular weight excluding hydrogens is 210 g/mol. The second-order valence-corrected chi connectivity index (χ2v) is 3.30. The number of methoxy groups -OCH3 is 1. The highest BCUT2D eigenvalue weighted by Gasteiger charge is 2.06. The molecule has 0 aliphatic heterocycles. The maximum absolute atomic E-state index is 10.6. The summed E-state index contributed by atoms with van der Waals surface area (Å²) in [6.07, 6.45) is 2.17. The Morgan fingerprint density at radius 3 is 2.75 bits per heavy atom. The molecule has 0 rings (SSSR count). The van der Waals surface area contributed by atoms with E-state index in [1.54, 1.807) is 13.2 Å². The second-order valence-electron chi connectivity index (χ2n) is 3.30. The number of aliphatic carboxylic acids is 1. The molecule has 16 heavy (non-hydrogen) atoms. The first-order chi connectivity index (χ1) is 7.61. The van der Waals surface area contributed by atoms with Crippen LogP contribution in [0, 0.1) is 11.3 Å². The van der Waals surface area contributed by atoms with Gasteiger partial charge in [-0.15, -0.1) is 0 Å². The standard InChI is InChI=1S/C11H17NO4/c1-9(15-2)4-7-16-8-5-10(3-6-12)11(13)14/h3,9H,4-5,7-8H2,1-2H3,(H,13,14). The van der Waals surface area contributed by atoms with E-state index in [1.807, 2.05) is 6.92 Å². The maximum atomic E-state index is 10.6. The van der Waals surface area contributed by atoms with Crippen molar-refractivity contribution in [3.05, 3.63) is 11.6 Å². The van der Waals surface area contributed by atoms with E-state index < -0.39 is 5.97 Å². The van der Waals surface area contributed by atoms with E-state index in [9.17, 15) is 4.79 Å². The minimum absolute atomic E-state index is 0.0716. The summed E-state index contributed by atoms with van der Waals surface area (Å²) >= 11 is 0. The Labute approximate surface area is 95.3 Å². The summed E-state index contributed by atoms with van der Waals surface area (Å²) < 4.78 is 10.3. The van der Waals surface area contributed by atoms with Gasteiger partial charge in [0.2, 0.25) is 0 Å². The van der Waals surface area contributed by atoms with Gasteiger partial charge in [-0.25, -0.2) is 4.79 Å². The molecule has 0 aliphatic carbocycles. The van der Waals surface area contributed by atoms with Gasteiger partial charge in [-0.1, -0.05) is 0 Å². The van der Waals surface area contributed by atoms with E-state index in [-0.39, 0.29) is 18.1 Å². The van der Waals surface area contributed by atoms with Crippen LogP contribution in [0.4, 0.5) is 0 Å². The van der Waals surface area contributed by atoms with E-state index in [1.165, 1.54) is 0 Å². The minimum atomic E-state index is -1.07. The van der Waals surface area contributed by atoms with E-state index in [4.69, 9.17) is 19.8 Å². The number of allylic oxidation sites excluding steroid dienone is 1. The smallest absolute Gasteiger partial charge is 0.332 e. The molecule has 5 nitrogen and oxygen atoms in total. The van der Waals surface area contributed by atoms with Crippen LogP contribution in [0.5, 0.6) is 0 Å². The highest BCUT2D eigenvalue weighted by molar-refractivity contribution is 5.87. The monoisotopic (exact) mass is 227 g/mol. The lowest BCUT2D eigenvalue weighted by Crippen LogP contribution is -2.10. The number of carboxylic acids is 1. The van der Waals surface area contributed by atoms with Crippen molar-refractivity contribution < 1.29 is 19.4 Å². The van der Waals surface area contributed by atoms with Crippen molar-refractivity contribution in [1.82, 2.24) is 0 Å². The first kappa shape index (κ1) is 14.6. The van der Waals surface area contributed by atoms with Crippen molar-refractivity contribution in [1.29, 1.82) is 5.26 Å². The Bertz CT molecular complexity index is 280. The van der Waals surface area contributed by atoms with Crippen molar-refractivity contribution in [2.24, 2.45) is 0 Å². The average molecular weight is 227 g/mol. The molecule has 0 aliphatic rings. The molecule has 0 aromatic rings. The quantitative estimate of drug-likeness (QED) is 0.384. The lowest BCUT2D eigenvalue weighted by molar-refractivity contribution is -0.132. The van der Waals surface area contributed by atoms with Crippen LogP contribution in [0.3, 0.4) is 0 Å². The number of hydrogen-bond donors (Lipinski definition) is 1. The molecule has 0 saturated carbocycles. The number of carbonyl (C=O) groups is 1. The van der Waals surface area contributed by atoms with Crippen LogP contribution in [0.25, 0.3) is 0 Å². The summed E-state index contributed by atoms with van der Waals surface area (Å²) in [7, 11) is 1.63. The number of ether oxygens (including phenoxy) is 2. The third-order valence-electron chi connectivity index (χ3n) is 2.10. The maximum Gasteiger partial charge on any atom is 0.332 e. The zero-order chi connectivity index (χ0) is 12.4. The van der Waals surface area contributed by atoms with Gasteiger partial charge in [0.1, 0.15) is 0 Å². The molecule has 1 atom stereocenters. The Morgan fingerprint density at radius 2 is 2.25 bits per heavy atom. The summed E-state index contributed by atoms with van der Waals surface area (Å²) in [5.74, 6) is -1.07. The molecule has 1 N–H and O–H groups in total. The largest absolute Gasteiger partial charge is 0.478 e. The first-order valence-electron chi connectivity index (χ1n) is 5.04. The van der Waals surface area contributed by atoms with Gasteiger partial charge in [0.25, 0.3) is 0 Å². The molecule has 5 heteroatoms. The van der Waals surface area contributed by atoms with Crippen molar-refractivity contribution in [2.45, 2.75) is 25.9 Å². The van der Waals surface area contributed by atoms with Crippen molar-refractivity contribution in [3.63, 3.8) is 0 Å². The van der Waals surface area contributed by atoms with Crippen LogP contribution in [-0.4, -0.2) is 37.5 Å². The average Bonchev–Trinajstić information content (AvgIpc) is 2.26. The first-order valence-corrected chi connectivity index (χ1v) is 5.04. The predicted octanol–water partition coefficient (Wildman–Crippen LogP) is 1.35. The molecule has 0 spiro atoms. The van der Waals surface area contributed by atoms with Gasteiger partial charge in [0.15, 0.2) is 0 Å². The molecule has 0 aromatic carbocycles. The van der Waals surface area contributed by atoms with Gasteiger partial charge in [0, 0.05) is 31.8 Å². The highest BCUT2D eigenvalue weighted by Crippen LogP contribution is 2.02. The normalized spacial score (nSPS) is 13.2. The molecule has 90 valence electrons. The summed E-state index contributed by atoms with van der Waals surface area (Å²) in [6.45, 7) is 2.76. The number of nitrogens with zero attached hydrogens (tertiary/aromatic N) is 1. The van der Waals surface area contributed by atoms with Crippen LogP contribution in [0.2, 0.25) is 0 Å². The summed E-state index contributed by atoms with van der Waals surface area (Å²) in [5, 5.41) is 17.0. The molecule has 0 aromatic heterocycles. The van der Waals surface area contributed by atoms with Gasteiger partial charge >= 0.3 is 5.97 Å². The SMILES string of the molecule is COC(C)CCOCCC(=CC#N)C(=O)O. The zero-order valence-electron chi connectivity index (χ0n) is 9.60. The van der Waals surface area contributed by atoms with Crippen LogP contribution < -0.4 is 0 Å². The Kier molecular flexibility index (Phi) is 8.12. The van der Waals surface area contributed by atoms with Gasteiger partial charge < -0.3 is 14.6 Å². The minimum Gasteiger partial charge on any atom is -0.478 e. The van der Waals surface area contributed by atoms with E-state index in [2.05, 4.69) is 0 Å². The molecule has 0 amide bonds. The Hall–Kier alpha value is -1.38. The van der Waals surface area contributed by atoms with E-state index in [0.717, 1.165) is 12.5 Å². The lowest BCUT2D eigenvalue weighted by Gasteiger charge is -2.09. The topological polar surface area (TPSA) is 79.5 Å². The number of carboxylic acid groups (broad SMARTS) is 1. The fourth-order valence-corrected chi connectivity index (χ4v) is 0.970. The van der Waals surface area contributed by atoms with Crippen LogP contribution in [0.1, 0.15) is 19.8 Å². The molecular formula is C11H17NO4. The molecule has 0 saturated heterocycles. The Morgan fingerprint density at radius 1 is 1.56 bits per heavy atom. The summed E-state index contributed by atoms with van der Waals surface area (Å²) in [4.78, 5) is 10.6. The number of hydrogen-bond acceptors (Lipinski definition) is 4. The molecule has 0 radical (unpaired) electrons. The van der Waals surface area contributed by atoms with Crippen LogP contribution in [-0.2, 0) is 14.3 Å². The molecule has 0 heterocycles. The lowest BCUT2D eigenvalue weighted by atomic mass is 10.2. The van der Waals surface area contributed by atoms with Gasteiger partial charge in [-0.3, -0.25) is 0 Å². The predicted molar refractivity (Wildman–Crippen MR) is 57.9 cm³/mol. The van der Waals surface area contributed by atoms with Gasteiger partial charge in [-0.2, -0.15) is 5.26 Å². The number of nitriles is 1. The fourth-order valence-electron chi connectivity index (χ4n) is 0.970. The second kappa shape index (κ2) is 8.89. The number of rotatable bonds is 8. The summed E-state index contributed by atoms with van der Waals surface area (Å²) in [5.41, 5.74) is 0.0716. The van der Waals surface area contributed by atoms with Gasteiger partial charge in [-0.05, 0) is 13.3 Å². The third-order valence-corrected chi connectivity index (χ3v) is 2.10. The van der Waals surface area contributed by atoms with E-state index in [0.29, 0.717) is 13.2 Å². The third kappa shape index (κ3) is 6.98. The highest BCUT2D eigenvalue weighted by atomic mass is 16.5. The summed E-state index contributed by atoms with van der Waals surface area (Å²) in [6, 6.07) is 1.70. The molecule has 1 unspecified atom stereocenters. The van der Waals surface area contributed by atoms with E-state index >= 15 is 0 Å². The van der Waals surface area contributed by atoms with Crippen molar-refractivity contribution in [3.8, 4) is 6.07 Å².